The van der Waals surface area contributed by atoms with Crippen molar-refractivity contribution in [3.63, 3.8) is 0 Å². The predicted molar refractivity (Wildman–Crippen MR) is 60.2 cm³/mol. The fourth-order valence-electron chi connectivity index (χ4n) is 0.385. The van der Waals surface area contributed by atoms with Crippen LogP contribution in [0.2, 0.25) is 0 Å². The van der Waals surface area contributed by atoms with Gasteiger partial charge in [0.15, 0.2) is 0 Å². The Balaban J connectivity index is 0.000000187. The highest BCUT2D eigenvalue weighted by Crippen LogP contribution is 2.12. The monoisotopic (exact) mass is 262 g/mol. The quantitative estimate of drug-likeness (QED) is 0.491. The highest BCUT2D eigenvalue weighted by atomic mass is 127. The van der Waals surface area contributed by atoms with Crippen LogP contribution in [0.5, 0.6) is 0 Å². The van der Waals surface area contributed by atoms with Gasteiger partial charge in [0, 0.05) is 3.42 Å². The van der Waals surface area contributed by atoms with Gasteiger partial charge in [0.25, 0.3) is 0 Å². The first-order valence-electron chi connectivity index (χ1n) is 3.69. The molecule has 0 aliphatic rings. The van der Waals surface area contributed by atoms with Crippen LogP contribution in [0.3, 0.4) is 0 Å². The van der Waals surface area contributed by atoms with Crippen molar-refractivity contribution < 1.29 is 0 Å². The Bertz CT molecular complexity index is 129. The summed E-state index contributed by atoms with van der Waals surface area (Å²) in [6, 6.07) is 12.0. The molecule has 0 spiro atoms. The fourth-order valence-corrected chi connectivity index (χ4v) is 0.385. The number of rotatable bonds is 0. The Morgan fingerprint density at radius 3 is 0.909 bits per heavy atom. The summed E-state index contributed by atoms with van der Waals surface area (Å²) in [5, 5.41) is 0. The topological polar surface area (TPSA) is 0 Å². The molecule has 0 fully saturated rings. The standard InChI is InChI=1S/C6H6.C4H9I/c1-2-4-6-5-3-1;1-4(2,3)5/h1-6H;1-3H3. The molecule has 0 N–H and O–H groups in total. The number of hydrogen-bond acceptors (Lipinski definition) is 0. The van der Waals surface area contributed by atoms with E-state index in [1.54, 1.807) is 0 Å². The zero-order valence-electron chi connectivity index (χ0n) is 7.34. The molecule has 0 aliphatic carbocycles. The molecule has 0 atom stereocenters. The van der Waals surface area contributed by atoms with Crippen LogP contribution in [-0.2, 0) is 0 Å². The summed E-state index contributed by atoms with van der Waals surface area (Å²) < 4.78 is 0.470. The summed E-state index contributed by atoms with van der Waals surface area (Å²) in [6.07, 6.45) is 0. The lowest BCUT2D eigenvalue weighted by Gasteiger charge is -2.02. The Morgan fingerprint density at radius 1 is 0.727 bits per heavy atom. The van der Waals surface area contributed by atoms with Crippen molar-refractivity contribution in [3.05, 3.63) is 36.4 Å². The van der Waals surface area contributed by atoms with E-state index < -0.39 is 0 Å². The molecule has 0 heterocycles. The first-order chi connectivity index (χ1) is 5.00. The molecule has 11 heavy (non-hydrogen) atoms. The summed E-state index contributed by atoms with van der Waals surface area (Å²) in [6.45, 7) is 6.52. The van der Waals surface area contributed by atoms with Crippen LogP contribution in [-0.4, -0.2) is 3.42 Å². The third kappa shape index (κ3) is 17.8. The molecule has 1 heteroatoms. The molecule has 0 amide bonds. The van der Waals surface area contributed by atoms with Gasteiger partial charge in [-0.05, 0) is 0 Å². The summed E-state index contributed by atoms with van der Waals surface area (Å²) in [5.41, 5.74) is 0. The van der Waals surface area contributed by atoms with Gasteiger partial charge in [0.1, 0.15) is 0 Å². The first-order valence-corrected chi connectivity index (χ1v) is 4.77. The summed E-state index contributed by atoms with van der Waals surface area (Å²) in [5.74, 6) is 0. The second-order valence-electron chi connectivity index (χ2n) is 3.22. The number of benzene rings is 1. The van der Waals surface area contributed by atoms with Crippen LogP contribution < -0.4 is 0 Å². The molecule has 0 aromatic heterocycles. The minimum atomic E-state index is 0.470. The van der Waals surface area contributed by atoms with E-state index >= 15 is 0 Å². The molecule has 0 unspecified atom stereocenters. The van der Waals surface area contributed by atoms with Crippen molar-refractivity contribution in [2.75, 3.05) is 0 Å². The summed E-state index contributed by atoms with van der Waals surface area (Å²) in [7, 11) is 0. The molecule has 0 saturated heterocycles. The van der Waals surface area contributed by atoms with E-state index in [4.69, 9.17) is 0 Å². The first kappa shape index (κ1) is 11.0. The van der Waals surface area contributed by atoms with E-state index in [0.717, 1.165) is 0 Å². The van der Waals surface area contributed by atoms with E-state index in [1.807, 2.05) is 36.4 Å². The fraction of sp³-hybridized carbons (Fsp3) is 0.400. The lowest BCUT2D eigenvalue weighted by atomic mass is 10.3. The average Bonchev–Trinajstić information content (AvgIpc) is 1.88. The van der Waals surface area contributed by atoms with Gasteiger partial charge in [-0.15, -0.1) is 0 Å². The SMILES string of the molecule is CC(C)(C)I.c1ccccc1. The van der Waals surface area contributed by atoms with Crippen LogP contribution in [0.4, 0.5) is 0 Å². The van der Waals surface area contributed by atoms with Gasteiger partial charge < -0.3 is 0 Å². The smallest absolute Gasteiger partial charge is 0.0137 e. The van der Waals surface area contributed by atoms with Crippen LogP contribution in [0, 0.1) is 0 Å². The highest BCUT2D eigenvalue weighted by molar-refractivity contribution is 14.1. The molecule has 1 aromatic rings. The van der Waals surface area contributed by atoms with Gasteiger partial charge in [-0.25, -0.2) is 0 Å². The third-order valence-corrected chi connectivity index (χ3v) is 0.667. The van der Waals surface area contributed by atoms with Crippen molar-refractivity contribution in [1.29, 1.82) is 0 Å². The number of hydrogen-bond donors (Lipinski definition) is 0. The van der Waals surface area contributed by atoms with Crippen molar-refractivity contribution >= 4 is 22.6 Å². The van der Waals surface area contributed by atoms with Crippen molar-refractivity contribution in [2.45, 2.75) is 24.2 Å². The molecular weight excluding hydrogens is 247 g/mol. The Kier molecular flexibility index (Phi) is 5.56. The molecule has 0 aliphatic heterocycles. The zero-order valence-corrected chi connectivity index (χ0v) is 9.50. The maximum Gasteiger partial charge on any atom is 0.0137 e. The minimum Gasteiger partial charge on any atom is -0.0798 e. The van der Waals surface area contributed by atoms with Crippen LogP contribution >= 0.6 is 22.6 Å². The Hall–Kier alpha value is -0.0500. The number of alkyl halides is 1. The Morgan fingerprint density at radius 2 is 0.818 bits per heavy atom. The normalized spacial score (nSPS) is 9.82. The van der Waals surface area contributed by atoms with Crippen molar-refractivity contribution in [3.8, 4) is 0 Å². The van der Waals surface area contributed by atoms with Gasteiger partial charge in [-0.2, -0.15) is 0 Å². The van der Waals surface area contributed by atoms with Crippen LogP contribution in [0.15, 0.2) is 36.4 Å². The third-order valence-electron chi connectivity index (χ3n) is 0.667. The van der Waals surface area contributed by atoms with Gasteiger partial charge in [-0.3, -0.25) is 0 Å². The van der Waals surface area contributed by atoms with Crippen molar-refractivity contribution in [2.24, 2.45) is 0 Å². The van der Waals surface area contributed by atoms with Gasteiger partial charge in [-0.1, -0.05) is 79.8 Å². The predicted octanol–water partition coefficient (Wildman–Crippen LogP) is 3.91. The molecule has 0 nitrogen and oxygen atoms in total. The molecular formula is C10H15I. The average molecular weight is 262 g/mol. The molecule has 1 rings (SSSR count). The van der Waals surface area contributed by atoms with E-state index in [0.29, 0.717) is 3.42 Å². The lowest BCUT2D eigenvalue weighted by molar-refractivity contribution is 0.846. The van der Waals surface area contributed by atoms with E-state index in [-0.39, 0.29) is 0 Å². The van der Waals surface area contributed by atoms with Gasteiger partial charge in [0.2, 0.25) is 0 Å². The number of halogens is 1. The maximum atomic E-state index is 2.38. The van der Waals surface area contributed by atoms with Gasteiger partial charge >= 0.3 is 0 Å². The molecule has 1 aromatic carbocycles. The summed E-state index contributed by atoms with van der Waals surface area (Å²) >= 11 is 2.38. The zero-order chi connectivity index (χ0) is 8.74. The second-order valence-corrected chi connectivity index (χ2v) is 6.46. The van der Waals surface area contributed by atoms with Crippen LogP contribution in [0.25, 0.3) is 0 Å². The molecule has 0 saturated carbocycles. The molecule has 0 radical (unpaired) electrons. The van der Waals surface area contributed by atoms with Crippen LogP contribution in [0.1, 0.15) is 20.8 Å². The van der Waals surface area contributed by atoms with E-state index in [9.17, 15) is 0 Å². The molecule has 62 valence electrons. The summed E-state index contributed by atoms with van der Waals surface area (Å²) in [4.78, 5) is 0. The van der Waals surface area contributed by atoms with E-state index in [1.165, 1.54) is 0 Å². The van der Waals surface area contributed by atoms with Crippen molar-refractivity contribution in [1.82, 2.24) is 0 Å². The second kappa shape index (κ2) is 5.58. The van der Waals surface area contributed by atoms with Gasteiger partial charge in [0.05, 0.1) is 0 Å². The minimum absolute atomic E-state index is 0.470. The van der Waals surface area contributed by atoms with E-state index in [2.05, 4.69) is 43.4 Å². The highest BCUT2D eigenvalue weighted by Gasteiger charge is 1.98. The molecule has 0 bridgehead atoms. The largest absolute Gasteiger partial charge is 0.0798 e. The Labute approximate surface area is 83.2 Å². The maximum absolute atomic E-state index is 2.38. The lowest BCUT2D eigenvalue weighted by Crippen LogP contribution is -1.97.